The molecule has 0 aliphatic heterocycles. The maximum Gasteiger partial charge on any atom is 0.313 e. The summed E-state index contributed by atoms with van der Waals surface area (Å²) in [6, 6.07) is 13.1. The lowest BCUT2D eigenvalue weighted by Gasteiger charge is -2.08. The fraction of sp³-hybridized carbons (Fsp3) is 0.0714. The minimum absolute atomic E-state index is 0.0802. The number of para-hydroxylation sites is 1. The number of aromatic nitrogens is 3. The number of thioether (sulfide) groups is 1. The van der Waals surface area contributed by atoms with Gasteiger partial charge in [-0.25, -0.2) is 0 Å². The molecular weight excluding hydrogens is 290 g/mol. The van der Waals surface area contributed by atoms with Crippen molar-refractivity contribution in [2.45, 2.75) is 5.16 Å². The molecule has 0 atom stereocenters. The molecule has 0 spiro atoms. The summed E-state index contributed by atoms with van der Waals surface area (Å²) in [5.41, 5.74) is 0.849. The highest BCUT2D eigenvalue weighted by atomic mass is 32.2. The van der Waals surface area contributed by atoms with Crippen molar-refractivity contribution in [2.24, 2.45) is 0 Å². The van der Waals surface area contributed by atoms with Gasteiger partial charge in [-0.05, 0) is 24.3 Å². The number of hydrogen-bond donors (Lipinski definition) is 1. The van der Waals surface area contributed by atoms with E-state index >= 15 is 0 Å². The van der Waals surface area contributed by atoms with Crippen molar-refractivity contribution >= 4 is 17.7 Å². The molecule has 0 aliphatic rings. The topological polar surface area (TPSA) is 81.2 Å². The molecule has 0 amide bonds. The van der Waals surface area contributed by atoms with Gasteiger partial charge in [-0.3, -0.25) is 9.36 Å². The molecule has 1 N–H and O–H groups in total. The Hall–Kier alpha value is -2.54. The molecule has 6 nitrogen and oxygen atoms in total. The molecule has 0 bridgehead atoms. The summed E-state index contributed by atoms with van der Waals surface area (Å²) in [6.07, 6.45) is 1.56. The van der Waals surface area contributed by atoms with E-state index in [4.69, 9.17) is 9.52 Å². The van der Waals surface area contributed by atoms with E-state index in [-0.39, 0.29) is 5.75 Å². The van der Waals surface area contributed by atoms with Crippen molar-refractivity contribution in [3.05, 3.63) is 48.7 Å². The van der Waals surface area contributed by atoms with Crippen LogP contribution in [0.4, 0.5) is 0 Å². The molecule has 0 unspecified atom stereocenters. The number of carboxylic acids is 1. The Labute approximate surface area is 124 Å². The van der Waals surface area contributed by atoms with Gasteiger partial charge in [-0.15, -0.1) is 10.2 Å². The van der Waals surface area contributed by atoms with Gasteiger partial charge in [0.15, 0.2) is 10.9 Å². The quantitative estimate of drug-likeness (QED) is 0.730. The third-order valence-corrected chi connectivity index (χ3v) is 3.63. The maximum atomic E-state index is 10.8. The first-order valence-corrected chi connectivity index (χ1v) is 7.13. The summed E-state index contributed by atoms with van der Waals surface area (Å²) in [7, 11) is 0. The van der Waals surface area contributed by atoms with E-state index < -0.39 is 5.97 Å². The molecule has 2 heterocycles. The Bertz CT molecular complexity index is 738. The van der Waals surface area contributed by atoms with Crippen LogP contribution >= 0.6 is 11.8 Å². The van der Waals surface area contributed by atoms with E-state index in [2.05, 4.69) is 10.2 Å². The molecule has 3 rings (SSSR count). The molecule has 0 aliphatic carbocycles. The summed E-state index contributed by atoms with van der Waals surface area (Å²) in [6.45, 7) is 0. The van der Waals surface area contributed by atoms with Crippen LogP contribution < -0.4 is 0 Å². The first kappa shape index (κ1) is 13.4. The van der Waals surface area contributed by atoms with E-state index in [1.165, 1.54) is 0 Å². The molecule has 21 heavy (non-hydrogen) atoms. The average molecular weight is 301 g/mol. The van der Waals surface area contributed by atoms with Crippen LogP contribution in [0.25, 0.3) is 17.3 Å². The second-order valence-corrected chi connectivity index (χ2v) is 5.08. The van der Waals surface area contributed by atoms with E-state index in [9.17, 15) is 4.79 Å². The van der Waals surface area contributed by atoms with Crippen molar-refractivity contribution in [3.8, 4) is 17.3 Å². The Morgan fingerprint density at radius 2 is 2.00 bits per heavy atom. The Balaban J connectivity index is 2.08. The Morgan fingerprint density at radius 3 is 2.67 bits per heavy atom. The van der Waals surface area contributed by atoms with E-state index in [0.717, 1.165) is 17.4 Å². The lowest BCUT2D eigenvalue weighted by atomic mass is 10.3. The van der Waals surface area contributed by atoms with Gasteiger partial charge in [-0.1, -0.05) is 30.0 Å². The Kier molecular flexibility index (Phi) is 3.74. The highest BCUT2D eigenvalue weighted by Crippen LogP contribution is 2.27. The molecule has 7 heteroatoms. The smallest absolute Gasteiger partial charge is 0.313 e. The molecule has 0 radical (unpaired) electrons. The zero-order valence-corrected chi connectivity index (χ0v) is 11.7. The minimum Gasteiger partial charge on any atom is -0.481 e. The number of carbonyl (C=O) groups is 1. The number of furan rings is 1. The highest BCUT2D eigenvalue weighted by molar-refractivity contribution is 7.99. The average Bonchev–Trinajstić information content (AvgIpc) is 3.15. The molecule has 0 saturated heterocycles. The monoisotopic (exact) mass is 301 g/mol. The summed E-state index contributed by atoms with van der Waals surface area (Å²) >= 11 is 1.12. The summed E-state index contributed by atoms with van der Waals surface area (Å²) in [5, 5.41) is 17.5. The van der Waals surface area contributed by atoms with Crippen LogP contribution in [0, 0.1) is 0 Å². The fourth-order valence-corrected chi connectivity index (χ4v) is 2.54. The maximum absolute atomic E-state index is 10.8. The number of benzene rings is 1. The summed E-state index contributed by atoms with van der Waals surface area (Å²) in [5.74, 6) is 0.137. The highest BCUT2D eigenvalue weighted by Gasteiger charge is 2.18. The van der Waals surface area contributed by atoms with Gasteiger partial charge in [0.1, 0.15) is 0 Å². The molecule has 106 valence electrons. The predicted octanol–water partition coefficient (Wildman–Crippen LogP) is 2.70. The van der Waals surface area contributed by atoms with Crippen LogP contribution in [-0.2, 0) is 4.79 Å². The normalized spacial score (nSPS) is 10.7. The van der Waals surface area contributed by atoms with Crippen LogP contribution in [0.2, 0.25) is 0 Å². The van der Waals surface area contributed by atoms with E-state index in [1.807, 2.05) is 30.3 Å². The number of nitrogens with zero attached hydrogens (tertiary/aromatic N) is 3. The number of rotatable bonds is 5. The van der Waals surface area contributed by atoms with Crippen molar-refractivity contribution < 1.29 is 14.3 Å². The number of carboxylic acid groups (broad SMARTS) is 1. The largest absolute Gasteiger partial charge is 0.481 e. The van der Waals surface area contributed by atoms with Gasteiger partial charge < -0.3 is 9.52 Å². The molecule has 1 aromatic carbocycles. The lowest BCUT2D eigenvalue weighted by molar-refractivity contribution is -0.133. The van der Waals surface area contributed by atoms with E-state index in [0.29, 0.717) is 16.7 Å². The second-order valence-electron chi connectivity index (χ2n) is 4.14. The molecule has 0 saturated carbocycles. The first-order valence-electron chi connectivity index (χ1n) is 6.15. The first-order chi connectivity index (χ1) is 10.3. The lowest BCUT2D eigenvalue weighted by Crippen LogP contribution is -2.02. The second kappa shape index (κ2) is 5.84. The fourth-order valence-electron chi connectivity index (χ4n) is 1.86. The summed E-state index contributed by atoms with van der Waals surface area (Å²) in [4.78, 5) is 10.8. The van der Waals surface area contributed by atoms with Crippen LogP contribution in [0.3, 0.4) is 0 Å². The van der Waals surface area contributed by atoms with Crippen molar-refractivity contribution in [2.75, 3.05) is 5.75 Å². The predicted molar refractivity (Wildman–Crippen MR) is 77.4 cm³/mol. The molecule has 0 fully saturated rings. The van der Waals surface area contributed by atoms with Gasteiger partial charge in [0, 0.05) is 5.69 Å². The van der Waals surface area contributed by atoms with Crippen LogP contribution in [0.15, 0.2) is 58.3 Å². The van der Waals surface area contributed by atoms with Crippen LogP contribution in [0.5, 0.6) is 0 Å². The molecule has 2 aromatic heterocycles. The molecule has 3 aromatic rings. The van der Waals surface area contributed by atoms with Crippen LogP contribution in [-0.4, -0.2) is 31.6 Å². The zero-order chi connectivity index (χ0) is 14.7. The van der Waals surface area contributed by atoms with Gasteiger partial charge >= 0.3 is 5.97 Å². The third kappa shape index (κ3) is 2.82. The van der Waals surface area contributed by atoms with Gasteiger partial charge in [0.2, 0.25) is 5.82 Å². The van der Waals surface area contributed by atoms with Crippen molar-refractivity contribution in [1.29, 1.82) is 0 Å². The number of aliphatic carboxylic acids is 1. The van der Waals surface area contributed by atoms with Crippen molar-refractivity contribution in [3.63, 3.8) is 0 Å². The van der Waals surface area contributed by atoms with Crippen molar-refractivity contribution in [1.82, 2.24) is 14.8 Å². The SMILES string of the molecule is O=C(O)CSc1nnc(-c2ccco2)n1-c1ccccc1. The van der Waals surface area contributed by atoms with E-state index in [1.54, 1.807) is 23.0 Å². The third-order valence-electron chi connectivity index (χ3n) is 2.71. The minimum atomic E-state index is -0.901. The number of hydrogen-bond acceptors (Lipinski definition) is 5. The standard InChI is InChI=1S/C14H11N3O3S/c18-12(19)9-21-14-16-15-13(11-7-4-8-20-11)17(14)10-5-2-1-3-6-10/h1-8H,9H2,(H,18,19). The van der Waals surface area contributed by atoms with Gasteiger partial charge in [0.05, 0.1) is 12.0 Å². The van der Waals surface area contributed by atoms with Gasteiger partial charge in [-0.2, -0.15) is 0 Å². The van der Waals surface area contributed by atoms with Gasteiger partial charge in [0.25, 0.3) is 0 Å². The molecular formula is C14H11N3O3S. The summed E-state index contributed by atoms with van der Waals surface area (Å²) < 4.78 is 7.16. The zero-order valence-electron chi connectivity index (χ0n) is 10.8. The Morgan fingerprint density at radius 1 is 1.19 bits per heavy atom. The van der Waals surface area contributed by atoms with Crippen LogP contribution in [0.1, 0.15) is 0 Å².